The Hall–Kier alpha value is -2.12. The van der Waals surface area contributed by atoms with E-state index in [1.807, 2.05) is 7.05 Å². The molecule has 0 spiro atoms. The number of nitrogens with two attached hydrogens (primary N) is 1. The molecule has 0 aliphatic rings. The van der Waals surface area contributed by atoms with Crippen molar-refractivity contribution in [3.63, 3.8) is 0 Å². The highest BCUT2D eigenvalue weighted by Crippen LogP contribution is 2.27. The van der Waals surface area contributed by atoms with Gasteiger partial charge < -0.3 is 10.1 Å². The van der Waals surface area contributed by atoms with Crippen LogP contribution < -0.4 is 10.1 Å². The minimum atomic E-state index is 0.866. The first-order chi connectivity index (χ1) is 11.8. The Morgan fingerprint density at radius 1 is 1.21 bits per heavy atom. The van der Waals surface area contributed by atoms with Gasteiger partial charge in [0.15, 0.2) is 0 Å². The quantitative estimate of drug-likeness (QED) is 0.497. The summed E-state index contributed by atoms with van der Waals surface area (Å²) in [4.78, 5) is 0. The van der Waals surface area contributed by atoms with Crippen LogP contribution in [0, 0.1) is 0 Å². The van der Waals surface area contributed by atoms with Gasteiger partial charge in [-0.25, -0.2) is 4.68 Å². The number of aryl methyl sites for hydroxylation is 1. The molecule has 24 heavy (non-hydrogen) atoms. The van der Waals surface area contributed by atoms with E-state index in [0.29, 0.717) is 0 Å². The fraction of sp³-hybridized carbons (Fsp3) is 0.353. The molecule has 7 heteroatoms. The van der Waals surface area contributed by atoms with Crippen LogP contribution in [0.2, 0.25) is 0 Å². The van der Waals surface area contributed by atoms with Gasteiger partial charge in [-0.3, -0.25) is 0 Å². The van der Waals surface area contributed by atoms with Gasteiger partial charge in [0.05, 0.1) is 19.2 Å². The smallest absolute Gasteiger partial charge is 0.209 e. The highest BCUT2D eigenvalue weighted by Gasteiger charge is 2.10. The first kappa shape index (κ1) is 16.7. The van der Waals surface area contributed by atoms with E-state index in [1.165, 1.54) is 16.3 Å². The van der Waals surface area contributed by atoms with Crippen LogP contribution in [0.1, 0.15) is 12.0 Å². The van der Waals surface area contributed by atoms with Crippen molar-refractivity contribution in [3.05, 3.63) is 42.0 Å². The molecule has 3 rings (SSSR count). The standard InChI is InChI=1S/C17H21N5OS/c1-22-17(19-20-21-22)24-11-5-10-18-12-15-14-7-4-3-6-13(14)8-9-16(15)23-2/h3-4,6-9,18H,5,10-12H2,1-2H3/p+1. The van der Waals surface area contributed by atoms with Gasteiger partial charge >= 0.3 is 0 Å². The SMILES string of the molecule is COc1ccc2ccccc2c1C[NH2+]CCCSc1nnnn1C. The fourth-order valence-electron chi connectivity index (χ4n) is 2.70. The largest absolute Gasteiger partial charge is 0.496 e. The Labute approximate surface area is 145 Å². The highest BCUT2D eigenvalue weighted by molar-refractivity contribution is 7.99. The number of methoxy groups -OCH3 is 1. The van der Waals surface area contributed by atoms with Crippen molar-refractivity contribution >= 4 is 22.5 Å². The molecule has 0 fully saturated rings. The van der Waals surface area contributed by atoms with E-state index in [1.54, 1.807) is 23.6 Å². The first-order valence-electron chi connectivity index (χ1n) is 8.01. The third-order valence-electron chi connectivity index (χ3n) is 3.93. The molecule has 2 aromatic carbocycles. The monoisotopic (exact) mass is 344 g/mol. The van der Waals surface area contributed by atoms with Crippen LogP contribution >= 0.6 is 11.8 Å². The Morgan fingerprint density at radius 3 is 2.88 bits per heavy atom. The van der Waals surface area contributed by atoms with Crippen molar-refractivity contribution < 1.29 is 10.1 Å². The van der Waals surface area contributed by atoms with Crippen molar-refractivity contribution in [1.29, 1.82) is 0 Å². The third-order valence-corrected chi connectivity index (χ3v) is 5.03. The number of aromatic nitrogens is 4. The van der Waals surface area contributed by atoms with Gasteiger partial charge in [0.1, 0.15) is 12.3 Å². The van der Waals surface area contributed by atoms with Crippen LogP contribution in [0.5, 0.6) is 5.75 Å². The van der Waals surface area contributed by atoms with Crippen LogP contribution in [0.4, 0.5) is 0 Å². The molecule has 0 atom stereocenters. The van der Waals surface area contributed by atoms with Gasteiger partial charge in [-0.15, -0.1) is 5.10 Å². The lowest BCUT2D eigenvalue weighted by Crippen LogP contribution is -2.82. The van der Waals surface area contributed by atoms with Gasteiger partial charge in [0, 0.05) is 19.2 Å². The number of ether oxygens (including phenoxy) is 1. The summed E-state index contributed by atoms with van der Waals surface area (Å²) >= 11 is 1.69. The van der Waals surface area contributed by atoms with E-state index in [9.17, 15) is 0 Å². The average Bonchev–Trinajstić information content (AvgIpc) is 3.02. The highest BCUT2D eigenvalue weighted by atomic mass is 32.2. The van der Waals surface area contributed by atoms with Crippen LogP contribution in [-0.4, -0.2) is 39.6 Å². The first-order valence-corrected chi connectivity index (χ1v) is 8.99. The zero-order chi connectivity index (χ0) is 16.8. The number of benzene rings is 2. The normalized spacial score (nSPS) is 11.1. The summed E-state index contributed by atoms with van der Waals surface area (Å²) in [6.07, 6.45) is 1.10. The number of hydrogen-bond acceptors (Lipinski definition) is 5. The molecule has 0 bridgehead atoms. The third kappa shape index (κ3) is 3.85. The summed E-state index contributed by atoms with van der Waals surface area (Å²) in [6, 6.07) is 12.6. The van der Waals surface area contributed by atoms with Crippen molar-refractivity contribution in [2.45, 2.75) is 18.1 Å². The van der Waals surface area contributed by atoms with Crippen molar-refractivity contribution in [1.82, 2.24) is 20.2 Å². The Kier molecular flexibility index (Phi) is 5.66. The number of thioether (sulfide) groups is 1. The second kappa shape index (κ2) is 8.12. The maximum Gasteiger partial charge on any atom is 0.209 e. The van der Waals surface area contributed by atoms with Crippen molar-refractivity contribution in [3.8, 4) is 5.75 Å². The minimum Gasteiger partial charge on any atom is -0.496 e. The van der Waals surface area contributed by atoms with Gasteiger partial charge in [-0.2, -0.15) is 0 Å². The van der Waals surface area contributed by atoms with E-state index >= 15 is 0 Å². The van der Waals surface area contributed by atoms with Gasteiger partial charge in [-0.05, 0) is 27.3 Å². The second-order valence-corrected chi connectivity index (χ2v) is 6.60. The lowest BCUT2D eigenvalue weighted by Gasteiger charge is -2.11. The summed E-state index contributed by atoms with van der Waals surface area (Å²) < 4.78 is 7.25. The molecule has 1 aromatic heterocycles. The maximum atomic E-state index is 5.54. The van der Waals surface area contributed by atoms with E-state index < -0.39 is 0 Å². The Morgan fingerprint density at radius 2 is 2.08 bits per heavy atom. The maximum absolute atomic E-state index is 5.54. The topological polar surface area (TPSA) is 69.4 Å². The van der Waals surface area contributed by atoms with Crippen LogP contribution in [-0.2, 0) is 13.6 Å². The van der Waals surface area contributed by atoms with E-state index in [0.717, 1.165) is 36.2 Å². The molecule has 0 saturated carbocycles. The van der Waals surface area contributed by atoms with Crippen LogP contribution in [0.15, 0.2) is 41.6 Å². The van der Waals surface area contributed by atoms with Crippen molar-refractivity contribution in [2.24, 2.45) is 7.05 Å². The zero-order valence-electron chi connectivity index (χ0n) is 14.0. The molecule has 0 unspecified atom stereocenters. The lowest BCUT2D eigenvalue weighted by molar-refractivity contribution is -0.670. The molecule has 3 aromatic rings. The molecule has 0 saturated heterocycles. The Bertz CT molecular complexity index is 805. The summed E-state index contributed by atoms with van der Waals surface area (Å²) in [6.45, 7) is 1.98. The number of quaternary nitrogens is 1. The molecule has 126 valence electrons. The van der Waals surface area contributed by atoms with E-state index in [4.69, 9.17) is 4.74 Å². The van der Waals surface area contributed by atoms with Gasteiger partial charge in [0.25, 0.3) is 0 Å². The van der Waals surface area contributed by atoms with Crippen molar-refractivity contribution in [2.75, 3.05) is 19.4 Å². The summed E-state index contributed by atoms with van der Waals surface area (Å²) in [5.41, 5.74) is 1.26. The number of tetrazole rings is 1. The molecule has 6 nitrogen and oxygen atoms in total. The molecular formula is C17H22N5OS+. The zero-order valence-corrected chi connectivity index (χ0v) is 14.8. The lowest BCUT2D eigenvalue weighted by atomic mass is 10.0. The summed E-state index contributed by atoms with van der Waals surface area (Å²) in [5.74, 6) is 1.97. The number of fused-ring (bicyclic) bond motifs is 1. The molecule has 1 heterocycles. The average molecular weight is 344 g/mol. The number of rotatable bonds is 8. The minimum absolute atomic E-state index is 0.866. The van der Waals surface area contributed by atoms with Gasteiger partial charge in [-0.1, -0.05) is 42.1 Å². The molecule has 0 amide bonds. The predicted molar refractivity (Wildman–Crippen MR) is 95.1 cm³/mol. The van der Waals surface area contributed by atoms with E-state index in [-0.39, 0.29) is 0 Å². The van der Waals surface area contributed by atoms with Gasteiger partial charge in [0.2, 0.25) is 5.16 Å². The molecule has 0 radical (unpaired) electrons. The predicted octanol–water partition coefficient (Wildman–Crippen LogP) is 1.62. The Balaban J connectivity index is 1.53. The fourth-order valence-corrected chi connectivity index (χ4v) is 3.51. The number of nitrogens with zero attached hydrogens (tertiary/aromatic N) is 4. The van der Waals surface area contributed by atoms with Crippen LogP contribution in [0.3, 0.4) is 0 Å². The van der Waals surface area contributed by atoms with Crippen LogP contribution in [0.25, 0.3) is 10.8 Å². The van der Waals surface area contributed by atoms with E-state index in [2.05, 4.69) is 57.2 Å². The summed E-state index contributed by atoms with van der Waals surface area (Å²) in [5, 5.41) is 17.2. The molecular weight excluding hydrogens is 322 g/mol. The molecule has 0 aliphatic carbocycles. The number of hydrogen-bond donors (Lipinski definition) is 1. The summed E-state index contributed by atoms with van der Waals surface area (Å²) in [7, 11) is 3.60. The molecule has 2 N–H and O–H groups in total. The molecule has 0 aliphatic heterocycles. The second-order valence-electron chi connectivity index (χ2n) is 5.54.